The average molecular weight is 587 g/mol. The molecule has 44 heavy (non-hydrogen) atoms. The molecule has 0 aromatic heterocycles. The van der Waals surface area contributed by atoms with E-state index in [4.69, 9.17) is 28.4 Å². The summed E-state index contributed by atoms with van der Waals surface area (Å²) in [6.45, 7) is 1.65. The summed E-state index contributed by atoms with van der Waals surface area (Å²) in [6, 6.07) is 35.7. The van der Waals surface area contributed by atoms with Gasteiger partial charge in [-0.2, -0.15) is 0 Å². The van der Waals surface area contributed by atoms with Gasteiger partial charge in [-0.1, -0.05) is 78.9 Å². The van der Waals surface area contributed by atoms with E-state index in [0.717, 1.165) is 28.2 Å². The van der Waals surface area contributed by atoms with Gasteiger partial charge < -0.3 is 28.4 Å². The molecule has 2 fully saturated rings. The Kier molecular flexibility index (Phi) is 6.88. The topological polar surface area (TPSA) is 55.4 Å². The second-order valence-corrected chi connectivity index (χ2v) is 11.8. The van der Waals surface area contributed by atoms with Crippen LogP contribution in [0.25, 0.3) is 32.3 Å². The van der Waals surface area contributed by atoms with Gasteiger partial charge in [-0.25, -0.2) is 0 Å². The van der Waals surface area contributed by atoms with Gasteiger partial charge in [-0.15, -0.1) is 0 Å². The van der Waals surface area contributed by atoms with Crippen molar-refractivity contribution in [3.8, 4) is 11.5 Å². The highest BCUT2D eigenvalue weighted by Crippen LogP contribution is 2.51. The molecule has 0 N–H and O–H groups in total. The van der Waals surface area contributed by atoms with Crippen molar-refractivity contribution in [2.24, 2.45) is 0 Å². The Labute approximate surface area is 256 Å². The van der Waals surface area contributed by atoms with Crippen LogP contribution in [0.15, 0.2) is 103 Å². The van der Waals surface area contributed by atoms with Gasteiger partial charge in [0, 0.05) is 0 Å². The van der Waals surface area contributed by atoms with Crippen LogP contribution in [0.4, 0.5) is 0 Å². The number of fused-ring (bicyclic) bond motifs is 2. The number of benzene rings is 6. The molecule has 0 radical (unpaired) electrons. The van der Waals surface area contributed by atoms with Crippen LogP contribution < -0.4 is 9.47 Å². The summed E-state index contributed by atoms with van der Waals surface area (Å²) in [5, 5.41) is 7.46. The van der Waals surface area contributed by atoms with Crippen LogP contribution in [0.1, 0.15) is 22.8 Å². The molecular weight excluding hydrogens is 552 g/mol. The standard InChI is InChI=1S/C38H34O6/c1-39-29-14-6-24(7-15-29)20-41-22-38-23-43-36(37(38)42-21-25-8-16-30(40-2)17-9-25)35(44-38)32-19-13-28-11-10-26-4-3-5-27-12-18-31(32)34(28)33(26)27/h3-19,35-37H,20-23H2,1-2H3/t35-,36-,37-,38-/m0/s1. The number of rotatable bonds is 10. The zero-order chi connectivity index (χ0) is 29.7. The Morgan fingerprint density at radius 1 is 0.682 bits per heavy atom. The minimum atomic E-state index is -0.738. The lowest BCUT2D eigenvalue weighted by molar-refractivity contribution is -0.175. The zero-order valence-electron chi connectivity index (χ0n) is 24.8. The van der Waals surface area contributed by atoms with Gasteiger partial charge in [0.1, 0.15) is 35.4 Å². The Morgan fingerprint density at radius 2 is 1.30 bits per heavy atom. The maximum absolute atomic E-state index is 7.02. The van der Waals surface area contributed by atoms with E-state index in [9.17, 15) is 0 Å². The molecule has 2 aliphatic heterocycles. The molecule has 2 bridgehead atoms. The Balaban J connectivity index is 1.12. The smallest absolute Gasteiger partial charge is 0.144 e. The van der Waals surface area contributed by atoms with E-state index in [1.165, 1.54) is 32.3 Å². The molecule has 0 amide bonds. The monoisotopic (exact) mass is 586 g/mol. The second kappa shape index (κ2) is 11.1. The van der Waals surface area contributed by atoms with E-state index in [2.05, 4.69) is 54.6 Å². The first-order valence-electron chi connectivity index (χ1n) is 15.1. The van der Waals surface area contributed by atoms with Gasteiger partial charge in [-0.05, 0) is 73.3 Å². The summed E-state index contributed by atoms with van der Waals surface area (Å²) in [5.41, 5.74) is 2.51. The van der Waals surface area contributed by atoms with E-state index < -0.39 is 5.60 Å². The lowest BCUT2D eigenvalue weighted by atomic mass is 9.89. The third kappa shape index (κ3) is 4.57. The number of hydrogen-bond donors (Lipinski definition) is 0. The highest BCUT2D eigenvalue weighted by atomic mass is 16.7. The lowest BCUT2D eigenvalue weighted by Crippen LogP contribution is -2.46. The third-order valence-electron chi connectivity index (χ3n) is 9.23. The van der Waals surface area contributed by atoms with Crippen LogP contribution in [0.3, 0.4) is 0 Å². The summed E-state index contributed by atoms with van der Waals surface area (Å²) in [7, 11) is 3.34. The zero-order valence-corrected chi connectivity index (χ0v) is 24.8. The van der Waals surface area contributed by atoms with E-state index in [1.807, 2.05) is 48.5 Å². The fourth-order valence-corrected chi connectivity index (χ4v) is 7.00. The molecule has 2 aliphatic rings. The molecule has 2 heterocycles. The van der Waals surface area contributed by atoms with Crippen molar-refractivity contribution in [3.05, 3.63) is 120 Å². The molecule has 4 atom stereocenters. The average Bonchev–Trinajstić information content (AvgIpc) is 3.58. The van der Waals surface area contributed by atoms with Gasteiger partial charge in [0.2, 0.25) is 0 Å². The number of methoxy groups -OCH3 is 2. The third-order valence-corrected chi connectivity index (χ3v) is 9.23. The predicted octanol–water partition coefficient (Wildman–Crippen LogP) is 7.61. The molecule has 8 rings (SSSR count). The normalized spacial score (nSPS) is 22.8. The molecule has 6 nitrogen and oxygen atoms in total. The van der Waals surface area contributed by atoms with Gasteiger partial charge >= 0.3 is 0 Å². The van der Waals surface area contributed by atoms with Crippen molar-refractivity contribution in [2.45, 2.75) is 37.1 Å². The van der Waals surface area contributed by atoms with Crippen LogP contribution in [0.5, 0.6) is 11.5 Å². The minimum absolute atomic E-state index is 0.267. The highest BCUT2D eigenvalue weighted by molar-refractivity contribution is 6.23. The van der Waals surface area contributed by atoms with E-state index in [0.29, 0.717) is 26.4 Å². The van der Waals surface area contributed by atoms with Crippen LogP contribution in [-0.4, -0.2) is 45.2 Å². The van der Waals surface area contributed by atoms with Gasteiger partial charge in [0.15, 0.2) is 0 Å². The van der Waals surface area contributed by atoms with Crippen molar-refractivity contribution in [2.75, 3.05) is 27.4 Å². The largest absolute Gasteiger partial charge is 0.497 e. The Hall–Kier alpha value is -4.20. The quantitative estimate of drug-likeness (QED) is 0.154. The predicted molar refractivity (Wildman–Crippen MR) is 171 cm³/mol. The lowest BCUT2D eigenvalue weighted by Gasteiger charge is -2.32. The summed E-state index contributed by atoms with van der Waals surface area (Å²) < 4.78 is 37.2. The summed E-state index contributed by atoms with van der Waals surface area (Å²) >= 11 is 0. The molecule has 222 valence electrons. The van der Waals surface area contributed by atoms with Crippen LogP contribution >= 0.6 is 0 Å². The molecule has 6 heteroatoms. The molecule has 0 unspecified atom stereocenters. The van der Waals surface area contributed by atoms with Crippen molar-refractivity contribution >= 4 is 32.3 Å². The molecular formula is C38H34O6. The van der Waals surface area contributed by atoms with E-state index >= 15 is 0 Å². The van der Waals surface area contributed by atoms with Gasteiger partial charge in [-0.3, -0.25) is 0 Å². The maximum Gasteiger partial charge on any atom is 0.144 e. The van der Waals surface area contributed by atoms with E-state index in [1.54, 1.807) is 14.2 Å². The molecule has 6 aromatic rings. The van der Waals surface area contributed by atoms with Crippen LogP contribution in [0, 0.1) is 0 Å². The first kappa shape index (κ1) is 27.4. The maximum atomic E-state index is 7.02. The molecule has 0 aliphatic carbocycles. The van der Waals surface area contributed by atoms with E-state index in [-0.39, 0.29) is 18.3 Å². The van der Waals surface area contributed by atoms with Gasteiger partial charge in [0.25, 0.3) is 0 Å². The number of ether oxygens (including phenoxy) is 6. The Bertz CT molecular complexity index is 1900. The van der Waals surface area contributed by atoms with Crippen LogP contribution in [-0.2, 0) is 32.2 Å². The molecule has 0 saturated carbocycles. The summed E-state index contributed by atoms with van der Waals surface area (Å²) in [5.74, 6) is 1.64. The SMILES string of the molecule is COc1ccc(COC[C@@]23CO[C@@H]([C@H](c4ccc5ccc6cccc7ccc4c5c67)O2)[C@@H]3OCc2ccc(OC)cc2)cc1. The van der Waals surface area contributed by atoms with Gasteiger partial charge in [0.05, 0.1) is 40.6 Å². The van der Waals surface area contributed by atoms with Crippen molar-refractivity contribution in [1.82, 2.24) is 0 Å². The highest BCUT2D eigenvalue weighted by Gasteiger charge is 2.63. The first-order chi connectivity index (χ1) is 21.7. The van der Waals surface area contributed by atoms with Crippen molar-refractivity contribution in [3.63, 3.8) is 0 Å². The Morgan fingerprint density at radius 3 is 1.98 bits per heavy atom. The molecule has 2 saturated heterocycles. The van der Waals surface area contributed by atoms with Crippen molar-refractivity contribution < 1.29 is 28.4 Å². The second-order valence-electron chi connectivity index (χ2n) is 11.8. The fraction of sp³-hybridized carbons (Fsp3) is 0.263. The molecule has 0 spiro atoms. The first-order valence-corrected chi connectivity index (χ1v) is 15.1. The fourth-order valence-electron chi connectivity index (χ4n) is 7.00. The summed E-state index contributed by atoms with van der Waals surface area (Å²) in [4.78, 5) is 0. The molecule has 6 aromatic carbocycles. The summed E-state index contributed by atoms with van der Waals surface area (Å²) in [6.07, 6.45) is -0.862. The van der Waals surface area contributed by atoms with Crippen LogP contribution in [0.2, 0.25) is 0 Å². The minimum Gasteiger partial charge on any atom is -0.497 e. The van der Waals surface area contributed by atoms with Crippen molar-refractivity contribution in [1.29, 1.82) is 0 Å². The number of hydrogen-bond acceptors (Lipinski definition) is 6.